The second-order valence-electron chi connectivity index (χ2n) is 5.89. The lowest BCUT2D eigenvalue weighted by Crippen LogP contribution is -2.13. The molecule has 28 heavy (non-hydrogen) atoms. The number of rotatable bonds is 5. The third-order valence-corrected chi connectivity index (χ3v) is 6.09. The fourth-order valence-electron chi connectivity index (χ4n) is 2.60. The van der Waals surface area contributed by atoms with Crippen LogP contribution in [0.25, 0.3) is 4.96 Å². The Labute approximate surface area is 174 Å². The third-order valence-electron chi connectivity index (χ3n) is 3.97. The topological polar surface area (TPSA) is 63.5 Å². The highest BCUT2D eigenvalue weighted by atomic mass is 35.5. The van der Waals surface area contributed by atoms with Gasteiger partial charge in [0, 0.05) is 38.9 Å². The highest BCUT2D eigenvalue weighted by Crippen LogP contribution is 2.30. The highest BCUT2D eigenvalue weighted by Gasteiger charge is 2.11. The van der Waals surface area contributed by atoms with Gasteiger partial charge >= 0.3 is 0 Å². The first kappa shape index (κ1) is 18.7. The summed E-state index contributed by atoms with van der Waals surface area (Å²) in [6.07, 6.45) is 1.72. The van der Waals surface area contributed by atoms with Crippen molar-refractivity contribution < 1.29 is 4.79 Å². The molecule has 2 aromatic heterocycles. The number of para-hydroxylation sites is 1. The van der Waals surface area contributed by atoms with Crippen molar-refractivity contribution in [3.05, 3.63) is 92.8 Å². The highest BCUT2D eigenvalue weighted by molar-refractivity contribution is 7.98. The van der Waals surface area contributed by atoms with Gasteiger partial charge in [-0.1, -0.05) is 23.7 Å². The van der Waals surface area contributed by atoms with Gasteiger partial charge in [-0.3, -0.25) is 14.0 Å². The maximum atomic E-state index is 12.5. The molecular formula is C20H14ClN3O2S2. The molecule has 0 bridgehead atoms. The zero-order chi connectivity index (χ0) is 19.5. The molecule has 0 fully saturated rings. The Morgan fingerprint density at radius 1 is 1.18 bits per heavy atom. The normalized spacial score (nSPS) is 10.9. The molecule has 0 spiro atoms. The summed E-state index contributed by atoms with van der Waals surface area (Å²) in [5, 5.41) is 5.35. The molecule has 0 aliphatic rings. The monoisotopic (exact) mass is 427 g/mol. The molecule has 1 amide bonds. The smallest absolute Gasteiger partial charge is 0.258 e. The van der Waals surface area contributed by atoms with Crippen molar-refractivity contribution in [1.82, 2.24) is 9.38 Å². The standard InChI is InChI=1S/C20H14ClN3O2S2/c21-14-7-5-13(6-8-14)19(26)23-16-3-1-2-4-17(16)28-12-15-11-18(25)24-9-10-27-20(24)22-15/h1-11H,12H2,(H,23,26). The Balaban J connectivity index is 1.51. The zero-order valence-electron chi connectivity index (χ0n) is 14.5. The van der Waals surface area contributed by atoms with Crippen molar-refractivity contribution in [2.24, 2.45) is 0 Å². The van der Waals surface area contributed by atoms with Crippen LogP contribution in [-0.2, 0) is 5.75 Å². The average molecular weight is 428 g/mol. The van der Waals surface area contributed by atoms with Crippen LogP contribution in [0, 0.1) is 0 Å². The SMILES string of the molecule is O=C(Nc1ccccc1SCc1cc(=O)n2ccsc2n1)c1ccc(Cl)cc1. The second kappa shape index (κ2) is 8.18. The molecule has 0 saturated heterocycles. The lowest BCUT2D eigenvalue weighted by Gasteiger charge is -2.11. The summed E-state index contributed by atoms with van der Waals surface area (Å²) in [6.45, 7) is 0. The largest absolute Gasteiger partial charge is 0.321 e. The van der Waals surface area contributed by atoms with E-state index >= 15 is 0 Å². The molecule has 0 saturated carbocycles. The predicted molar refractivity (Wildman–Crippen MR) is 115 cm³/mol. The van der Waals surface area contributed by atoms with Crippen LogP contribution < -0.4 is 10.9 Å². The Morgan fingerprint density at radius 2 is 1.96 bits per heavy atom. The van der Waals surface area contributed by atoms with E-state index in [9.17, 15) is 9.59 Å². The van der Waals surface area contributed by atoms with Gasteiger partial charge in [-0.25, -0.2) is 4.98 Å². The number of thioether (sulfide) groups is 1. The van der Waals surface area contributed by atoms with E-state index in [1.807, 2.05) is 29.6 Å². The van der Waals surface area contributed by atoms with Crippen molar-refractivity contribution in [3.8, 4) is 0 Å². The first-order chi connectivity index (χ1) is 13.6. The summed E-state index contributed by atoms with van der Waals surface area (Å²) < 4.78 is 1.53. The Morgan fingerprint density at radius 3 is 2.79 bits per heavy atom. The van der Waals surface area contributed by atoms with Gasteiger partial charge in [0.15, 0.2) is 4.96 Å². The Bertz CT molecular complexity index is 1200. The van der Waals surface area contributed by atoms with Gasteiger partial charge in [-0.15, -0.1) is 23.1 Å². The third kappa shape index (κ3) is 4.11. The molecule has 8 heteroatoms. The molecule has 0 aliphatic heterocycles. The van der Waals surface area contributed by atoms with Crippen LogP contribution in [0.5, 0.6) is 0 Å². The number of nitrogens with zero attached hydrogens (tertiary/aromatic N) is 2. The maximum Gasteiger partial charge on any atom is 0.258 e. The molecule has 0 aliphatic carbocycles. The minimum absolute atomic E-state index is 0.0915. The fourth-order valence-corrected chi connectivity index (χ4v) is 4.37. The molecule has 0 radical (unpaired) electrons. The number of hydrogen-bond donors (Lipinski definition) is 1. The number of carbonyl (C=O) groups is 1. The molecule has 0 unspecified atom stereocenters. The lowest BCUT2D eigenvalue weighted by atomic mass is 10.2. The number of nitrogens with one attached hydrogen (secondary N) is 1. The zero-order valence-corrected chi connectivity index (χ0v) is 16.9. The van der Waals surface area contributed by atoms with Crippen molar-refractivity contribution in [2.75, 3.05) is 5.32 Å². The van der Waals surface area contributed by atoms with E-state index in [1.165, 1.54) is 27.5 Å². The molecule has 2 heterocycles. The van der Waals surface area contributed by atoms with Crippen molar-refractivity contribution in [3.63, 3.8) is 0 Å². The average Bonchev–Trinajstić information content (AvgIpc) is 3.17. The van der Waals surface area contributed by atoms with Crippen LogP contribution in [0.3, 0.4) is 0 Å². The van der Waals surface area contributed by atoms with Gasteiger partial charge in [-0.05, 0) is 36.4 Å². The molecule has 4 rings (SSSR count). The minimum Gasteiger partial charge on any atom is -0.321 e. The summed E-state index contributed by atoms with van der Waals surface area (Å²) in [6, 6.07) is 15.8. The van der Waals surface area contributed by atoms with Crippen LogP contribution in [0.1, 0.15) is 16.1 Å². The molecular weight excluding hydrogens is 414 g/mol. The lowest BCUT2D eigenvalue weighted by molar-refractivity contribution is 0.102. The number of carbonyl (C=O) groups excluding carboxylic acids is 1. The van der Waals surface area contributed by atoms with Crippen LogP contribution in [0.4, 0.5) is 5.69 Å². The Hall–Kier alpha value is -2.61. The second-order valence-corrected chi connectivity index (χ2v) is 8.21. The number of halogens is 1. The minimum atomic E-state index is -0.207. The number of aromatic nitrogens is 2. The molecule has 0 atom stereocenters. The number of hydrogen-bond acceptors (Lipinski definition) is 5. The van der Waals surface area contributed by atoms with Crippen molar-refractivity contribution in [2.45, 2.75) is 10.6 Å². The van der Waals surface area contributed by atoms with Gasteiger partial charge in [0.05, 0.1) is 11.4 Å². The fraction of sp³-hybridized carbons (Fsp3) is 0.0500. The number of fused-ring (bicyclic) bond motifs is 1. The molecule has 2 aromatic carbocycles. The first-order valence-corrected chi connectivity index (χ1v) is 10.6. The van der Waals surface area contributed by atoms with E-state index in [1.54, 1.807) is 36.5 Å². The van der Waals surface area contributed by atoms with Crippen LogP contribution in [0.2, 0.25) is 5.02 Å². The number of anilines is 1. The maximum absolute atomic E-state index is 12.5. The summed E-state index contributed by atoms with van der Waals surface area (Å²) in [5.74, 6) is 0.318. The molecule has 5 nitrogen and oxygen atoms in total. The van der Waals surface area contributed by atoms with Gasteiger partial charge < -0.3 is 5.32 Å². The number of amides is 1. The summed E-state index contributed by atoms with van der Waals surface area (Å²) in [7, 11) is 0. The van der Waals surface area contributed by atoms with Crippen molar-refractivity contribution >= 4 is 51.3 Å². The summed E-state index contributed by atoms with van der Waals surface area (Å²) in [5.41, 5.74) is 1.85. The first-order valence-electron chi connectivity index (χ1n) is 8.35. The summed E-state index contributed by atoms with van der Waals surface area (Å²) in [4.78, 5) is 30.7. The van der Waals surface area contributed by atoms with E-state index in [4.69, 9.17) is 11.6 Å². The van der Waals surface area contributed by atoms with E-state index in [0.29, 0.717) is 32.7 Å². The van der Waals surface area contributed by atoms with Gasteiger partial charge in [0.25, 0.3) is 11.5 Å². The van der Waals surface area contributed by atoms with Crippen LogP contribution >= 0.6 is 34.7 Å². The van der Waals surface area contributed by atoms with Gasteiger partial charge in [0.2, 0.25) is 0 Å². The summed E-state index contributed by atoms with van der Waals surface area (Å²) >= 11 is 8.82. The van der Waals surface area contributed by atoms with E-state index in [0.717, 1.165) is 4.90 Å². The number of thiazole rings is 1. The molecule has 4 aromatic rings. The number of benzene rings is 2. The van der Waals surface area contributed by atoms with E-state index < -0.39 is 0 Å². The molecule has 1 N–H and O–H groups in total. The van der Waals surface area contributed by atoms with Crippen LogP contribution in [0.15, 0.2) is 75.9 Å². The van der Waals surface area contributed by atoms with Crippen LogP contribution in [-0.4, -0.2) is 15.3 Å². The van der Waals surface area contributed by atoms with Gasteiger partial charge in [0.1, 0.15) is 0 Å². The quantitative estimate of drug-likeness (QED) is 0.457. The predicted octanol–water partition coefficient (Wildman–Crippen LogP) is 4.95. The van der Waals surface area contributed by atoms with Crippen molar-refractivity contribution in [1.29, 1.82) is 0 Å². The van der Waals surface area contributed by atoms with Gasteiger partial charge in [-0.2, -0.15) is 0 Å². The molecule has 140 valence electrons. The van der Waals surface area contributed by atoms with E-state index in [-0.39, 0.29) is 11.5 Å². The Kier molecular flexibility index (Phi) is 5.47. The van der Waals surface area contributed by atoms with E-state index in [2.05, 4.69) is 10.3 Å².